The van der Waals surface area contributed by atoms with E-state index in [9.17, 15) is 5.11 Å². The molecule has 0 saturated carbocycles. The molecular formula is C16H24N4O. The van der Waals surface area contributed by atoms with Crippen molar-refractivity contribution in [1.29, 1.82) is 0 Å². The molecule has 3 N–H and O–H groups in total. The van der Waals surface area contributed by atoms with E-state index < -0.39 is 0 Å². The van der Waals surface area contributed by atoms with Crippen LogP contribution in [-0.2, 0) is 6.54 Å². The fourth-order valence-electron chi connectivity index (χ4n) is 2.57. The van der Waals surface area contributed by atoms with Crippen molar-refractivity contribution in [3.8, 4) is 5.69 Å². The van der Waals surface area contributed by atoms with E-state index in [0.29, 0.717) is 13.1 Å². The number of aliphatic hydroxyl groups is 1. The smallest absolute Gasteiger partial charge is 0.137 e. The minimum absolute atomic E-state index is 0.114. The molecule has 1 aromatic heterocycles. The fraction of sp³-hybridized carbons (Fsp3) is 0.438. The van der Waals surface area contributed by atoms with Crippen LogP contribution in [0.4, 0.5) is 5.82 Å². The quantitative estimate of drug-likeness (QED) is 0.816. The van der Waals surface area contributed by atoms with Gasteiger partial charge in [-0.15, -0.1) is 0 Å². The molecule has 0 saturated heterocycles. The predicted molar refractivity (Wildman–Crippen MR) is 85.8 cm³/mol. The minimum atomic E-state index is 0.114. The molecule has 0 amide bonds. The van der Waals surface area contributed by atoms with E-state index >= 15 is 0 Å². The lowest BCUT2D eigenvalue weighted by Crippen LogP contribution is -2.30. The molecule has 5 heteroatoms. The van der Waals surface area contributed by atoms with Gasteiger partial charge in [-0.2, -0.15) is 5.10 Å². The van der Waals surface area contributed by atoms with Gasteiger partial charge in [-0.25, -0.2) is 4.68 Å². The van der Waals surface area contributed by atoms with Crippen molar-refractivity contribution in [2.24, 2.45) is 5.73 Å². The van der Waals surface area contributed by atoms with Gasteiger partial charge in [0.15, 0.2) is 0 Å². The van der Waals surface area contributed by atoms with Crippen LogP contribution >= 0.6 is 0 Å². The first-order chi connectivity index (χ1) is 10.2. The van der Waals surface area contributed by atoms with Gasteiger partial charge in [-0.3, -0.25) is 0 Å². The van der Waals surface area contributed by atoms with Gasteiger partial charge < -0.3 is 15.7 Å². The summed E-state index contributed by atoms with van der Waals surface area (Å²) in [6.07, 6.45) is 1.00. The number of aromatic nitrogens is 2. The molecule has 0 spiro atoms. The van der Waals surface area contributed by atoms with Crippen molar-refractivity contribution in [2.45, 2.75) is 26.8 Å². The Morgan fingerprint density at radius 2 is 1.95 bits per heavy atom. The van der Waals surface area contributed by atoms with Crippen LogP contribution in [0.15, 0.2) is 30.3 Å². The van der Waals surface area contributed by atoms with Gasteiger partial charge in [0.05, 0.1) is 18.0 Å². The number of rotatable bonds is 7. The van der Waals surface area contributed by atoms with E-state index in [0.717, 1.165) is 35.7 Å². The van der Waals surface area contributed by atoms with E-state index in [4.69, 9.17) is 5.73 Å². The van der Waals surface area contributed by atoms with Crippen molar-refractivity contribution in [2.75, 3.05) is 24.6 Å². The van der Waals surface area contributed by atoms with Gasteiger partial charge >= 0.3 is 0 Å². The van der Waals surface area contributed by atoms with Gasteiger partial charge in [0.1, 0.15) is 5.82 Å². The Bertz CT molecular complexity index is 559. The number of nitrogens with two attached hydrogens (primary N) is 1. The van der Waals surface area contributed by atoms with Crippen LogP contribution in [0, 0.1) is 6.92 Å². The molecule has 0 radical (unpaired) electrons. The number of anilines is 1. The number of hydrogen-bond donors (Lipinski definition) is 2. The normalized spacial score (nSPS) is 10.9. The average molecular weight is 288 g/mol. The third-order valence-electron chi connectivity index (χ3n) is 3.53. The molecule has 2 rings (SSSR count). The fourth-order valence-corrected chi connectivity index (χ4v) is 2.57. The first-order valence-corrected chi connectivity index (χ1v) is 7.42. The molecule has 21 heavy (non-hydrogen) atoms. The Kier molecular flexibility index (Phi) is 5.36. The van der Waals surface area contributed by atoms with Crippen LogP contribution in [0.25, 0.3) is 5.69 Å². The molecule has 0 atom stereocenters. The number of benzene rings is 1. The van der Waals surface area contributed by atoms with E-state index in [1.807, 2.05) is 41.9 Å². The molecule has 114 valence electrons. The Balaban J connectivity index is 2.55. The lowest BCUT2D eigenvalue weighted by Gasteiger charge is -2.25. The highest BCUT2D eigenvalue weighted by Gasteiger charge is 2.20. The van der Waals surface area contributed by atoms with E-state index in [2.05, 4.69) is 16.9 Å². The lowest BCUT2D eigenvalue weighted by molar-refractivity contribution is 0.301. The summed E-state index contributed by atoms with van der Waals surface area (Å²) < 4.78 is 1.93. The number of aryl methyl sites for hydroxylation is 1. The zero-order valence-electron chi connectivity index (χ0n) is 12.8. The van der Waals surface area contributed by atoms with Gasteiger partial charge in [0.25, 0.3) is 0 Å². The second-order valence-electron chi connectivity index (χ2n) is 5.05. The third kappa shape index (κ3) is 3.25. The van der Waals surface area contributed by atoms with Crippen molar-refractivity contribution in [3.63, 3.8) is 0 Å². The first kappa shape index (κ1) is 15.5. The first-order valence-electron chi connectivity index (χ1n) is 7.42. The Labute approximate surface area is 126 Å². The summed E-state index contributed by atoms with van der Waals surface area (Å²) in [6, 6.07) is 10.0. The van der Waals surface area contributed by atoms with Crippen molar-refractivity contribution in [1.82, 2.24) is 9.78 Å². The number of para-hydroxylation sites is 1. The number of aliphatic hydroxyl groups excluding tert-OH is 1. The minimum Gasteiger partial charge on any atom is -0.395 e. The lowest BCUT2D eigenvalue weighted by atomic mass is 10.2. The molecule has 0 aliphatic heterocycles. The number of hydrogen-bond acceptors (Lipinski definition) is 4. The van der Waals surface area contributed by atoms with Crippen LogP contribution in [0.5, 0.6) is 0 Å². The predicted octanol–water partition coefficient (Wildman–Crippen LogP) is 1.85. The van der Waals surface area contributed by atoms with Gasteiger partial charge in [0, 0.05) is 25.2 Å². The molecule has 0 aliphatic rings. The third-order valence-corrected chi connectivity index (χ3v) is 3.53. The molecule has 1 aromatic carbocycles. The molecule has 0 fully saturated rings. The SMILES string of the molecule is CCCN(CCO)c1c(CN)c(C)nn1-c1ccccc1. The summed E-state index contributed by atoms with van der Waals surface area (Å²) in [6.45, 7) is 6.11. The van der Waals surface area contributed by atoms with Crippen LogP contribution in [0.2, 0.25) is 0 Å². The maximum absolute atomic E-state index is 9.35. The topological polar surface area (TPSA) is 67.3 Å². The standard InChI is InChI=1S/C16H24N4O/c1-3-9-19(10-11-21)16-15(12-17)13(2)18-20(16)14-7-5-4-6-8-14/h4-8,21H,3,9-12,17H2,1-2H3. The second kappa shape index (κ2) is 7.24. The Hall–Kier alpha value is -1.85. The zero-order chi connectivity index (χ0) is 15.2. The summed E-state index contributed by atoms with van der Waals surface area (Å²) in [4.78, 5) is 2.16. The highest BCUT2D eigenvalue weighted by atomic mass is 16.3. The monoisotopic (exact) mass is 288 g/mol. The molecule has 0 unspecified atom stereocenters. The second-order valence-corrected chi connectivity index (χ2v) is 5.05. The molecule has 0 bridgehead atoms. The maximum Gasteiger partial charge on any atom is 0.137 e. The summed E-state index contributed by atoms with van der Waals surface area (Å²) >= 11 is 0. The van der Waals surface area contributed by atoms with Crippen LogP contribution < -0.4 is 10.6 Å². The molecule has 5 nitrogen and oxygen atoms in total. The van der Waals surface area contributed by atoms with Gasteiger partial charge in [-0.1, -0.05) is 25.1 Å². The van der Waals surface area contributed by atoms with Crippen molar-refractivity contribution >= 4 is 5.82 Å². The average Bonchev–Trinajstić information content (AvgIpc) is 2.84. The van der Waals surface area contributed by atoms with E-state index in [1.54, 1.807) is 0 Å². The van der Waals surface area contributed by atoms with Gasteiger partial charge in [0.2, 0.25) is 0 Å². The van der Waals surface area contributed by atoms with E-state index in [-0.39, 0.29) is 6.61 Å². The van der Waals surface area contributed by atoms with Crippen LogP contribution in [-0.4, -0.2) is 34.6 Å². The summed E-state index contributed by atoms with van der Waals surface area (Å²) in [7, 11) is 0. The maximum atomic E-state index is 9.35. The molecule has 0 aliphatic carbocycles. The van der Waals surface area contributed by atoms with Crippen molar-refractivity contribution in [3.05, 3.63) is 41.6 Å². The molecular weight excluding hydrogens is 264 g/mol. The van der Waals surface area contributed by atoms with Gasteiger partial charge in [-0.05, 0) is 25.5 Å². The summed E-state index contributed by atoms with van der Waals surface area (Å²) in [5, 5.41) is 14.0. The molecule has 2 aromatic rings. The molecule has 1 heterocycles. The Morgan fingerprint density at radius 1 is 1.24 bits per heavy atom. The van der Waals surface area contributed by atoms with Crippen LogP contribution in [0.3, 0.4) is 0 Å². The summed E-state index contributed by atoms with van der Waals surface area (Å²) in [5.74, 6) is 0.997. The summed E-state index contributed by atoms with van der Waals surface area (Å²) in [5.41, 5.74) is 8.92. The number of nitrogens with zero attached hydrogens (tertiary/aromatic N) is 3. The highest BCUT2D eigenvalue weighted by Crippen LogP contribution is 2.27. The zero-order valence-corrected chi connectivity index (χ0v) is 12.8. The Morgan fingerprint density at radius 3 is 2.52 bits per heavy atom. The highest BCUT2D eigenvalue weighted by molar-refractivity contribution is 5.55. The van der Waals surface area contributed by atoms with E-state index in [1.165, 1.54) is 0 Å². The largest absolute Gasteiger partial charge is 0.395 e. The van der Waals surface area contributed by atoms with Crippen LogP contribution in [0.1, 0.15) is 24.6 Å². The van der Waals surface area contributed by atoms with Crippen molar-refractivity contribution < 1.29 is 5.11 Å².